The fourth-order valence-corrected chi connectivity index (χ4v) is 1.74. The summed E-state index contributed by atoms with van der Waals surface area (Å²) in [5.74, 6) is 0. The van der Waals surface area contributed by atoms with Gasteiger partial charge in [-0.25, -0.2) is 0 Å². The predicted molar refractivity (Wildman–Crippen MR) is 38.0 cm³/mol. The monoisotopic (exact) mass is 438 g/mol. The van der Waals surface area contributed by atoms with Gasteiger partial charge in [0.25, 0.3) is 0 Å². The summed E-state index contributed by atoms with van der Waals surface area (Å²) < 4.78 is 100. The van der Waals surface area contributed by atoms with E-state index in [0.717, 1.165) is 0 Å². The van der Waals surface area contributed by atoms with E-state index in [2.05, 4.69) is 2.84 Å². The van der Waals surface area contributed by atoms with Gasteiger partial charge < -0.3 is 0 Å². The maximum atomic E-state index is 9.56. The van der Waals surface area contributed by atoms with Crippen LogP contribution in [-0.2, 0) is 66.5 Å². The molecule has 0 fully saturated rings. The Hall–Kier alpha value is 2.16. The van der Waals surface area contributed by atoms with E-state index in [-0.39, 0.29) is 59.1 Å². The molecule has 0 saturated heterocycles. The van der Waals surface area contributed by atoms with Crippen LogP contribution >= 0.6 is 0 Å². The van der Waals surface area contributed by atoms with E-state index in [4.69, 9.17) is 17.5 Å². The molecule has 0 atom stereocenters. The molecule has 0 aliphatic carbocycles. The molecule has 0 aromatic carbocycles. The van der Waals surface area contributed by atoms with Gasteiger partial charge >= 0.3 is 123 Å². The zero-order valence-electron chi connectivity index (χ0n) is 10.6. The van der Waals surface area contributed by atoms with Crippen molar-refractivity contribution in [3.05, 3.63) is 0 Å². The second kappa shape index (κ2) is 14.7. The first-order chi connectivity index (χ1) is 7.44. The summed E-state index contributed by atoms with van der Waals surface area (Å²) in [4.78, 5) is 0. The van der Waals surface area contributed by atoms with Crippen molar-refractivity contribution in [1.82, 2.24) is 0 Å². The Kier molecular flexibility index (Phi) is 24.8. The zero-order chi connectivity index (χ0) is 15.8. The van der Waals surface area contributed by atoms with Gasteiger partial charge in [0.05, 0.1) is 0 Å². The number of hydrogen-bond acceptors (Lipinski definition) is 10. The Labute approximate surface area is 166 Å². The quantitative estimate of drug-likeness (QED) is 0.304. The van der Waals surface area contributed by atoms with E-state index in [1.54, 1.807) is 12.5 Å². The first-order valence-corrected chi connectivity index (χ1v) is 10.5. The molecular formula is C2H8Cr2Na2O12S2. The third-order valence-corrected chi connectivity index (χ3v) is 2.83. The van der Waals surface area contributed by atoms with E-state index < -0.39 is 48.4 Å². The van der Waals surface area contributed by atoms with Crippen LogP contribution in [-0.4, -0.2) is 34.2 Å². The van der Waals surface area contributed by atoms with Crippen molar-refractivity contribution in [1.29, 1.82) is 0 Å². The summed E-state index contributed by atoms with van der Waals surface area (Å²) in [6, 6.07) is 0. The molecule has 0 radical (unpaired) electrons. The summed E-state index contributed by atoms with van der Waals surface area (Å²) in [5.41, 5.74) is 0. The van der Waals surface area contributed by atoms with E-state index in [0.29, 0.717) is 0 Å². The van der Waals surface area contributed by atoms with Crippen LogP contribution in [0, 0.1) is 0 Å². The van der Waals surface area contributed by atoms with Crippen LogP contribution in [0.4, 0.5) is 0 Å². The Bertz CT molecular complexity index is 504. The zero-order valence-corrected chi connectivity index (χ0v) is 18.8. The third-order valence-electron chi connectivity index (χ3n) is 0.167. The van der Waals surface area contributed by atoms with Gasteiger partial charge in [-0.05, 0) is 0 Å². The molecule has 0 bridgehead atoms. The average molecular weight is 438 g/mol. The van der Waals surface area contributed by atoms with Crippen molar-refractivity contribution < 1.29 is 134 Å². The Balaban J connectivity index is -0.0000000591. The van der Waals surface area contributed by atoms with Gasteiger partial charge in [-0.1, -0.05) is 0 Å². The molecule has 0 aliphatic heterocycles. The van der Waals surface area contributed by atoms with Crippen molar-refractivity contribution in [2.45, 2.75) is 0 Å². The minimum atomic E-state index is -6.07. The Morgan fingerprint density at radius 3 is 1.05 bits per heavy atom. The van der Waals surface area contributed by atoms with Gasteiger partial charge in [-0.3, -0.25) is 13.3 Å². The molecule has 0 unspecified atom stereocenters. The maximum absolute atomic E-state index is 9.56. The summed E-state index contributed by atoms with van der Waals surface area (Å²) >= 11 is -12.1. The fraction of sp³-hybridized carbons (Fsp3) is 1.00. The van der Waals surface area contributed by atoms with E-state index in [1.165, 1.54) is 0 Å². The molecule has 114 valence electrons. The van der Waals surface area contributed by atoms with Gasteiger partial charge in [0.1, 0.15) is 0 Å². The number of rotatable bonds is 2. The van der Waals surface area contributed by atoms with Crippen LogP contribution in [0.3, 0.4) is 0 Å². The minimum absolute atomic E-state index is 0. The summed E-state index contributed by atoms with van der Waals surface area (Å²) in [6.45, 7) is 0. The molecule has 0 aromatic heterocycles. The molecule has 0 aliphatic rings. The molecule has 12 nitrogen and oxygen atoms in total. The Morgan fingerprint density at radius 1 is 0.950 bits per heavy atom. The van der Waals surface area contributed by atoms with Crippen LogP contribution < -0.4 is 67.4 Å². The molecule has 2 N–H and O–H groups in total. The van der Waals surface area contributed by atoms with Crippen molar-refractivity contribution in [2.24, 2.45) is 0 Å². The summed E-state index contributed by atoms with van der Waals surface area (Å²) in [7, 11) is -5.28. The SMILES string of the molecule is CS(C)=O.O=S(=O)(O)O.[Na+].[Na+].[O]=[Cr](=[O])([O-])[O][Cr](=[O])(=[O])[O-]. The fourth-order valence-electron chi connectivity index (χ4n) is 0.102. The van der Waals surface area contributed by atoms with Crippen LogP contribution in [0.1, 0.15) is 0 Å². The van der Waals surface area contributed by atoms with Crippen LogP contribution in [0.2, 0.25) is 0 Å². The van der Waals surface area contributed by atoms with Gasteiger partial charge in [-0.2, -0.15) is 8.42 Å². The standard InChI is InChI=1S/C2H6OS.2Cr.2Na.H2O4S.7O/c1-4(2)3;;;;;1-5(2,3)4;;;;;;;/h1-2H3;;;;;(H2,1,2,3,4);;;;;;;/q;;;2*+1;;;;;;;2*-1. The van der Waals surface area contributed by atoms with Crippen molar-refractivity contribution in [3.63, 3.8) is 0 Å². The molecule has 0 rings (SSSR count). The second-order valence-electron chi connectivity index (χ2n) is 2.07. The van der Waals surface area contributed by atoms with Gasteiger partial charge in [0, 0.05) is 23.3 Å². The summed E-state index contributed by atoms with van der Waals surface area (Å²) in [6.07, 6.45) is 3.28. The predicted octanol–water partition coefficient (Wildman–Crippen LogP) is -9.58. The van der Waals surface area contributed by atoms with Crippen LogP contribution in [0.25, 0.3) is 0 Å². The van der Waals surface area contributed by atoms with Gasteiger partial charge in [0.15, 0.2) is 0 Å². The molecule has 0 heterocycles. The third kappa shape index (κ3) is 111. The van der Waals surface area contributed by atoms with Crippen LogP contribution in [0.5, 0.6) is 0 Å². The first kappa shape index (κ1) is 33.7. The van der Waals surface area contributed by atoms with E-state index in [1.807, 2.05) is 0 Å². The first-order valence-electron chi connectivity index (χ1n) is 3.01. The van der Waals surface area contributed by atoms with E-state index in [9.17, 15) is 27.7 Å². The van der Waals surface area contributed by atoms with Crippen molar-refractivity contribution in [2.75, 3.05) is 12.5 Å². The topological polar surface area (TPSA) is 215 Å². The van der Waals surface area contributed by atoms with E-state index >= 15 is 0 Å². The second-order valence-corrected chi connectivity index (χ2v) is 8.09. The molecular weight excluding hydrogens is 430 g/mol. The molecule has 20 heavy (non-hydrogen) atoms. The normalized spacial score (nSPS) is 10.8. The van der Waals surface area contributed by atoms with Gasteiger partial charge in [-0.15, -0.1) is 0 Å². The Morgan fingerprint density at radius 2 is 1.05 bits per heavy atom. The van der Waals surface area contributed by atoms with Crippen molar-refractivity contribution in [3.8, 4) is 0 Å². The van der Waals surface area contributed by atoms with Crippen molar-refractivity contribution >= 4 is 21.2 Å². The average Bonchev–Trinajstić information content (AvgIpc) is 1.67. The molecule has 0 amide bonds. The molecule has 0 saturated carbocycles. The molecule has 18 heteroatoms. The van der Waals surface area contributed by atoms with Gasteiger partial charge in [0.2, 0.25) is 0 Å². The molecule has 0 aromatic rings. The number of hydrogen-bond donors (Lipinski definition) is 2. The molecule has 0 spiro atoms. The van der Waals surface area contributed by atoms with Crippen LogP contribution in [0.15, 0.2) is 0 Å². The summed E-state index contributed by atoms with van der Waals surface area (Å²) in [5, 5.41) is 0.